The van der Waals surface area contributed by atoms with Crippen LogP contribution >= 0.6 is 0 Å². The molecule has 15 heteroatoms. The summed E-state index contributed by atoms with van der Waals surface area (Å²) in [7, 11) is 3.76. The minimum atomic E-state index is -1.71. The largest absolute Gasteiger partial charge is 0.507 e. The summed E-state index contributed by atoms with van der Waals surface area (Å²) in [6.07, 6.45) is -7.77. The Kier molecular flexibility index (Phi) is 11.0. The zero-order valence-corrected chi connectivity index (χ0v) is 31.8. The van der Waals surface area contributed by atoms with Gasteiger partial charge in [0.25, 0.3) is 0 Å². The summed E-state index contributed by atoms with van der Waals surface area (Å²) < 4.78 is 37.3. The van der Waals surface area contributed by atoms with Crippen molar-refractivity contribution in [1.29, 1.82) is 0 Å². The van der Waals surface area contributed by atoms with E-state index in [1.165, 1.54) is 24.3 Å². The first-order chi connectivity index (χ1) is 26.0. The second-order valence-corrected chi connectivity index (χ2v) is 15.7. The van der Waals surface area contributed by atoms with Gasteiger partial charge in [0.05, 0.1) is 41.1 Å². The molecule has 2 aromatic rings. The molecule has 13 atom stereocenters. The smallest absolute Gasteiger partial charge is 0.201 e. The second kappa shape index (κ2) is 15.2. The van der Waals surface area contributed by atoms with Gasteiger partial charge >= 0.3 is 0 Å². The van der Waals surface area contributed by atoms with Crippen molar-refractivity contribution in [3.05, 3.63) is 57.6 Å². The van der Waals surface area contributed by atoms with E-state index in [0.29, 0.717) is 12.8 Å². The predicted octanol–water partition coefficient (Wildman–Crippen LogP) is 2.93. The fourth-order valence-electron chi connectivity index (χ4n) is 8.78. The van der Waals surface area contributed by atoms with Crippen LogP contribution in [0.2, 0.25) is 0 Å². The molecule has 0 aromatic heterocycles. The number of carbonyl (C=O) groups is 3. The lowest BCUT2D eigenvalue weighted by Crippen LogP contribution is -2.58. The van der Waals surface area contributed by atoms with Gasteiger partial charge < -0.3 is 58.9 Å². The Labute approximate surface area is 319 Å². The van der Waals surface area contributed by atoms with Crippen molar-refractivity contribution in [2.24, 2.45) is 0 Å². The topological polar surface area (TPSA) is 211 Å². The molecule has 300 valence electrons. The molecule has 3 saturated heterocycles. The van der Waals surface area contributed by atoms with E-state index in [0.717, 1.165) is 0 Å². The van der Waals surface area contributed by atoms with Crippen molar-refractivity contribution in [2.45, 2.75) is 146 Å². The number of likely N-dealkylation sites (N-methyl/N-ethyl adjacent to an activating group) is 1. The van der Waals surface area contributed by atoms with E-state index >= 15 is 0 Å². The molecule has 0 spiro atoms. The minimum absolute atomic E-state index is 0.0118. The fourth-order valence-corrected chi connectivity index (χ4v) is 8.78. The molecule has 5 aliphatic rings. The van der Waals surface area contributed by atoms with Crippen LogP contribution in [0.1, 0.15) is 121 Å². The van der Waals surface area contributed by atoms with Crippen LogP contribution in [0.15, 0.2) is 24.3 Å². The molecule has 3 fully saturated rings. The molecule has 0 bridgehead atoms. The molecule has 15 nitrogen and oxygen atoms in total. The first-order valence-corrected chi connectivity index (χ1v) is 19.0. The molecule has 2 aliphatic carbocycles. The summed E-state index contributed by atoms with van der Waals surface area (Å²) in [6.45, 7) is 6.98. The minimum Gasteiger partial charge on any atom is -0.507 e. The highest BCUT2D eigenvalue weighted by atomic mass is 16.7. The van der Waals surface area contributed by atoms with Gasteiger partial charge in [-0.3, -0.25) is 14.4 Å². The standard InChI is InChI=1S/C40H51NO14/c1-7-40(49)16-27(32-22(39(40)48)13-21-33(36(32)47)35(46)31-20(34(21)45)9-8-10-25(31)43)53-29-14-23(41(5)6)37(18(3)51-29)55-30-15-26(44)38(19(4)52-30)54-28-12-11-24(42)17(2)50-28/h8-10,13,17-19,23,26-30,37-39,43-44,47-49H,7,11-12,14-16H2,1-6H3/t17-,18-,19-,23+,26-,27-,28+,29+,30+,37+,38+,39-,40-/m1/s1. The number of aromatic hydroxyl groups is 2. The second-order valence-electron chi connectivity index (χ2n) is 15.7. The van der Waals surface area contributed by atoms with Crippen LogP contribution < -0.4 is 0 Å². The van der Waals surface area contributed by atoms with Crippen LogP contribution in [0.4, 0.5) is 0 Å². The Morgan fingerprint density at radius 1 is 0.855 bits per heavy atom. The molecule has 55 heavy (non-hydrogen) atoms. The number of aliphatic hydroxyl groups excluding tert-OH is 2. The van der Waals surface area contributed by atoms with Crippen LogP contribution in [0.25, 0.3) is 0 Å². The molecule has 0 unspecified atom stereocenters. The molecular weight excluding hydrogens is 718 g/mol. The van der Waals surface area contributed by atoms with E-state index in [1.807, 2.05) is 25.9 Å². The maximum atomic E-state index is 13.8. The number of carbonyl (C=O) groups excluding carboxylic acids is 3. The van der Waals surface area contributed by atoms with Gasteiger partial charge in [0.2, 0.25) is 5.78 Å². The van der Waals surface area contributed by atoms with Crippen LogP contribution in [0.3, 0.4) is 0 Å². The number of nitrogens with zero attached hydrogens (tertiary/aromatic N) is 1. The average Bonchev–Trinajstić information content (AvgIpc) is 3.13. The predicted molar refractivity (Wildman–Crippen MR) is 191 cm³/mol. The van der Waals surface area contributed by atoms with Gasteiger partial charge in [-0.1, -0.05) is 19.1 Å². The summed E-state index contributed by atoms with van der Waals surface area (Å²) in [5.74, 6) is -2.33. The number of ketones is 3. The van der Waals surface area contributed by atoms with Crippen LogP contribution in [-0.2, 0) is 33.2 Å². The Balaban J connectivity index is 1.10. The number of Topliss-reactive ketones (excluding diaryl/α,β-unsaturated/α-hetero) is 1. The average molecular weight is 770 g/mol. The Morgan fingerprint density at radius 3 is 2.18 bits per heavy atom. The monoisotopic (exact) mass is 769 g/mol. The number of aliphatic hydroxyl groups is 3. The molecule has 7 rings (SSSR count). The first kappa shape index (κ1) is 39.9. The van der Waals surface area contributed by atoms with Crippen molar-refractivity contribution >= 4 is 17.3 Å². The number of hydrogen-bond acceptors (Lipinski definition) is 15. The van der Waals surface area contributed by atoms with E-state index in [9.17, 15) is 39.9 Å². The quantitative estimate of drug-likeness (QED) is 0.223. The lowest BCUT2D eigenvalue weighted by Gasteiger charge is -2.48. The fraction of sp³-hybridized carbons (Fsp3) is 0.625. The van der Waals surface area contributed by atoms with Crippen molar-refractivity contribution in [3.8, 4) is 11.5 Å². The summed E-state index contributed by atoms with van der Waals surface area (Å²) >= 11 is 0. The summed E-state index contributed by atoms with van der Waals surface area (Å²) in [6, 6.07) is 5.16. The number of benzene rings is 2. The van der Waals surface area contributed by atoms with Gasteiger partial charge in [-0.05, 0) is 59.0 Å². The van der Waals surface area contributed by atoms with Gasteiger partial charge in [0.15, 0.2) is 30.4 Å². The van der Waals surface area contributed by atoms with E-state index in [1.54, 1.807) is 20.8 Å². The third kappa shape index (κ3) is 7.13. The zero-order valence-electron chi connectivity index (χ0n) is 31.8. The van der Waals surface area contributed by atoms with Gasteiger partial charge in [0.1, 0.15) is 35.9 Å². The number of ether oxygens (including phenoxy) is 6. The third-order valence-electron chi connectivity index (χ3n) is 12.0. The molecule has 2 aromatic carbocycles. The van der Waals surface area contributed by atoms with Crippen LogP contribution in [-0.4, -0.2) is 129 Å². The summed E-state index contributed by atoms with van der Waals surface area (Å²) in [5, 5.41) is 56.5. The van der Waals surface area contributed by atoms with E-state index in [4.69, 9.17) is 28.4 Å². The van der Waals surface area contributed by atoms with Gasteiger partial charge in [-0.25, -0.2) is 0 Å². The van der Waals surface area contributed by atoms with E-state index in [-0.39, 0.29) is 70.9 Å². The molecular formula is C40H51NO14. The zero-order chi connectivity index (χ0) is 39.7. The number of fused-ring (bicyclic) bond motifs is 3. The van der Waals surface area contributed by atoms with Crippen molar-refractivity contribution in [1.82, 2.24) is 4.90 Å². The SMILES string of the molecule is CC[C@@]1(O)C[C@@H](O[C@H]2C[C@H](N(C)C)[C@@H](O[C@H]3C[C@@H](O)[C@@H](O[C@H]4CCC(=O)[C@@H](C)O4)[C@@H](C)O3)[C@@H](C)O2)c2c(cc3c(c2O)C(=O)c2c(O)cccc2C3=O)[C@H]1O. The molecule has 0 amide bonds. The van der Waals surface area contributed by atoms with Gasteiger partial charge in [-0.15, -0.1) is 0 Å². The highest BCUT2D eigenvalue weighted by Crippen LogP contribution is 2.53. The molecule has 5 N–H and O–H groups in total. The van der Waals surface area contributed by atoms with Crippen molar-refractivity contribution in [2.75, 3.05) is 14.1 Å². The lowest BCUT2D eigenvalue weighted by molar-refractivity contribution is -0.325. The summed E-state index contributed by atoms with van der Waals surface area (Å²) in [4.78, 5) is 41.2. The Morgan fingerprint density at radius 2 is 1.53 bits per heavy atom. The Bertz CT molecular complexity index is 1820. The molecule has 3 heterocycles. The maximum absolute atomic E-state index is 13.8. The number of phenols is 2. The molecule has 3 aliphatic heterocycles. The van der Waals surface area contributed by atoms with E-state index < -0.39 is 96.4 Å². The van der Waals surface area contributed by atoms with E-state index in [2.05, 4.69) is 0 Å². The van der Waals surface area contributed by atoms with Crippen LogP contribution in [0.5, 0.6) is 11.5 Å². The van der Waals surface area contributed by atoms with Crippen molar-refractivity contribution < 1.29 is 68.3 Å². The van der Waals surface area contributed by atoms with Gasteiger partial charge in [-0.2, -0.15) is 0 Å². The van der Waals surface area contributed by atoms with Gasteiger partial charge in [0, 0.05) is 54.8 Å². The highest BCUT2D eigenvalue weighted by Gasteiger charge is 2.51. The summed E-state index contributed by atoms with van der Waals surface area (Å²) in [5.41, 5.74) is -2.33. The third-order valence-corrected chi connectivity index (χ3v) is 12.0. The number of rotatable bonds is 8. The normalized spacial score (nSPS) is 37.7. The maximum Gasteiger partial charge on any atom is 0.201 e. The Hall–Kier alpha value is -3.35. The van der Waals surface area contributed by atoms with Crippen LogP contribution in [0, 0.1) is 0 Å². The molecule has 0 saturated carbocycles. The number of phenolic OH excluding ortho intramolecular Hbond substituents is 2. The lowest BCUT2D eigenvalue weighted by atomic mass is 9.71. The molecule has 0 radical (unpaired) electrons. The van der Waals surface area contributed by atoms with Crippen molar-refractivity contribution in [3.63, 3.8) is 0 Å². The highest BCUT2D eigenvalue weighted by molar-refractivity contribution is 6.30. The number of hydrogen-bond donors (Lipinski definition) is 5. The first-order valence-electron chi connectivity index (χ1n) is 19.0.